The second-order valence-corrected chi connectivity index (χ2v) is 19.0. The summed E-state index contributed by atoms with van der Waals surface area (Å²) in [5.74, 6) is 0. The number of nitrogens with two attached hydrogens (primary N) is 12. The molecule has 0 aromatic heterocycles. The zero-order valence-corrected chi connectivity index (χ0v) is 45.6. The largest absolute Gasteiger partial charge is 0.397 e. The van der Waals surface area contributed by atoms with E-state index in [2.05, 4.69) is 4.52 Å². The van der Waals surface area contributed by atoms with Gasteiger partial charge in [0, 0.05) is 32.3 Å². The molecule has 0 aliphatic carbocycles. The van der Waals surface area contributed by atoms with Crippen LogP contribution in [0.15, 0.2) is 218 Å². The molecule has 0 aliphatic heterocycles. The highest BCUT2D eigenvalue weighted by molar-refractivity contribution is 7.32. The molecule has 410 valence electrons. The lowest BCUT2D eigenvalue weighted by molar-refractivity contribution is 0.276. The molecule has 12 aromatic rings. The number of benzene rings is 12. The Kier molecular flexibility index (Phi) is 21.4. The summed E-state index contributed by atoms with van der Waals surface area (Å²) in [7, 11) is -2.66. The summed E-state index contributed by atoms with van der Waals surface area (Å²) in [4.78, 5) is 8.10. The molecule has 80 heavy (non-hydrogen) atoms. The highest BCUT2D eigenvalue weighted by Crippen LogP contribution is 2.30. The van der Waals surface area contributed by atoms with Crippen LogP contribution in [-0.2, 0) is 9.09 Å². The molecule has 0 heterocycles. The standard InChI is InChI=1S/6C10H10N2.C4H11O3P/c6*11-9-6-5-7-3-1-2-4-8(7)10(9)12;1-2-3-4-7-8(5)6/h6*1-6H,11-12H2;8H,2-4H2,1H3,(H,5,6). The monoisotopic (exact) mass is 1090 g/mol. The van der Waals surface area contributed by atoms with E-state index in [0.29, 0.717) is 74.9 Å². The van der Waals surface area contributed by atoms with Gasteiger partial charge < -0.3 is 78.2 Å². The van der Waals surface area contributed by atoms with Crippen molar-refractivity contribution in [3.63, 3.8) is 0 Å². The fourth-order valence-electron chi connectivity index (χ4n) is 8.18. The predicted octanol–water partition coefficient (Wildman–Crippen LogP) is 13.2. The lowest BCUT2D eigenvalue weighted by Crippen LogP contribution is -1.94. The molecule has 12 rings (SSSR count). The number of rotatable bonds is 4. The van der Waals surface area contributed by atoms with Crippen molar-refractivity contribution in [3.8, 4) is 0 Å². The van der Waals surface area contributed by atoms with E-state index in [0.717, 1.165) is 77.5 Å². The summed E-state index contributed by atoms with van der Waals surface area (Å²) in [6, 6.07) is 70.4. The van der Waals surface area contributed by atoms with Crippen molar-refractivity contribution in [3.05, 3.63) is 218 Å². The van der Waals surface area contributed by atoms with Crippen LogP contribution in [0.2, 0.25) is 0 Å². The molecule has 1 unspecified atom stereocenters. The van der Waals surface area contributed by atoms with Gasteiger partial charge in [-0.25, -0.2) is 0 Å². The third kappa shape index (κ3) is 15.8. The van der Waals surface area contributed by atoms with E-state index in [-0.39, 0.29) is 0 Å². The molecule has 0 spiro atoms. The fourth-order valence-corrected chi connectivity index (χ4v) is 8.50. The van der Waals surface area contributed by atoms with E-state index < -0.39 is 8.25 Å². The zero-order valence-electron chi connectivity index (χ0n) is 44.6. The van der Waals surface area contributed by atoms with Gasteiger partial charge >= 0.3 is 8.25 Å². The molecule has 16 heteroatoms. The quantitative estimate of drug-likeness (QED) is 0.0442. The number of hydrogen-bond donors (Lipinski definition) is 13. The van der Waals surface area contributed by atoms with E-state index in [1.54, 1.807) is 0 Å². The summed E-state index contributed by atoms with van der Waals surface area (Å²) in [6.07, 6.45) is 1.85. The average molecular weight is 1090 g/mol. The molecule has 0 aliphatic rings. The Labute approximate surface area is 466 Å². The Hall–Kier alpha value is -10.1. The Morgan fingerprint density at radius 1 is 0.300 bits per heavy atom. The number of nitrogen functional groups attached to an aromatic ring is 12. The average Bonchev–Trinajstić information content (AvgIpc) is 3.48. The van der Waals surface area contributed by atoms with Crippen LogP contribution < -0.4 is 68.8 Å². The molecule has 15 nitrogen and oxygen atoms in total. The van der Waals surface area contributed by atoms with Crippen molar-refractivity contribution in [2.45, 2.75) is 19.8 Å². The third-order valence-corrected chi connectivity index (χ3v) is 13.2. The highest BCUT2D eigenvalue weighted by atomic mass is 31.1. The summed E-state index contributed by atoms with van der Waals surface area (Å²) >= 11 is 0. The van der Waals surface area contributed by atoms with Gasteiger partial charge in [-0.1, -0.05) is 195 Å². The van der Waals surface area contributed by atoms with Crippen molar-refractivity contribution >= 4 is 141 Å². The summed E-state index contributed by atoms with van der Waals surface area (Å²) < 4.78 is 14.2. The maximum atomic E-state index is 9.84. The first-order valence-electron chi connectivity index (χ1n) is 25.5. The van der Waals surface area contributed by atoms with E-state index in [1.165, 1.54) is 0 Å². The van der Waals surface area contributed by atoms with E-state index in [1.807, 2.05) is 225 Å². The predicted molar refractivity (Wildman–Crippen MR) is 349 cm³/mol. The van der Waals surface area contributed by atoms with Crippen molar-refractivity contribution in [2.75, 3.05) is 75.4 Å². The highest BCUT2D eigenvalue weighted by Gasteiger charge is 2.04. The molecular formula is C64H71N12O3P. The van der Waals surface area contributed by atoms with Crippen molar-refractivity contribution in [2.24, 2.45) is 0 Å². The smallest absolute Gasteiger partial charge is 0.316 e. The fraction of sp³-hybridized carbons (Fsp3) is 0.0625. The van der Waals surface area contributed by atoms with Crippen LogP contribution in [0.25, 0.3) is 64.6 Å². The first kappa shape index (κ1) is 59.2. The van der Waals surface area contributed by atoms with Gasteiger partial charge in [-0.15, -0.1) is 0 Å². The van der Waals surface area contributed by atoms with Gasteiger partial charge in [0.2, 0.25) is 0 Å². The lowest BCUT2D eigenvalue weighted by atomic mass is 10.1. The molecule has 0 radical (unpaired) electrons. The molecule has 12 aromatic carbocycles. The van der Waals surface area contributed by atoms with Crippen molar-refractivity contribution < 1.29 is 14.0 Å². The van der Waals surface area contributed by atoms with Gasteiger partial charge in [-0.05, 0) is 75.1 Å². The molecule has 1 atom stereocenters. The number of unbranched alkanes of at least 4 members (excludes halogenated alkanes) is 1. The van der Waals surface area contributed by atoms with Gasteiger partial charge in [0.25, 0.3) is 0 Å². The Bertz CT molecular complexity index is 3380. The molecular weight excluding hydrogens is 1020 g/mol. The van der Waals surface area contributed by atoms with Gasteiger partial charge in [-0.2, -0.15) is 0 Å². The topological polar surface area (TPSA) is 359 Å². The second-order valence-electron chi connectivity index (χ2n) is 18.2. The molecule has 0 bridgehead atoms. The zero-order chi connectivity index (χ0) is 57.7. The second kappa shape index (κ2) is 28.9. The van der Waals surface area contributed by atoms with Crippen LogP contribution in [-0.4, -0.2) is 11.5 Å². The van der Waals surface area contributed by atoms with Gasteiger partial charge in [0.05, 0.1) is 74.9 Å². The van der Waals surface area contributed by atoms with Crippen molar-refractivity contribution in [1.82, 2.24) is 0 Å². The lowest BCUT2D eigenvalue weighted by Gasteiger charge is -2.03. The first-order chi connectivity index (χ1) is 38.5. The van der Waals surface area contributed by atoms with Crippen LogP contribution >= 0.6 is 8.25 Å². The summed E-state index contributed by atoms with van der Waals surface area (Å²) in [5.41, 5.74) is 76.7. The van der Waals surface area contributed by atoms with E-state index in [4.69, 9.17) is 73.7 Å². The molecule has 0 fully saturated rings. The minimum atomic E-state index is -2.66. The van der Waals surface area contributed by atoms with Crippen LogP contribution in [0.4, 0.5) is 68.2 Å². The first-order valence-corrected chi connectivity index (χ1v) is 26.8. The molecule has 0 amide bonds. The van der Waals surface area contributed by atoms with E-state index in [9.17, 15) is 4.57 Å². The van der Waals surface area contributed by atoms with Crippen molar-refractivity contribution in [1.29, 1.82) is 0 Å². The minimum absolute atomic E-state index is 0.408. The molecule has 25 N–H and O–H groups in total. The summed E-state index contributed by atoms with van der Waals surface area (Å²) in [5, 5.41) is 12.9. The van der Waals surface area contributed by atoms with Gasteiger partial charge in [0.1, 0.15) is 0 Å². The molecule has 0 saturated heterocycles. The molecule has 0 saturated carbocycles. The van der Waals surface area contributed by atoms with Gasteiger partial charge in [-0.3, -0.25) is 4.57 Å². The number of fused-ring (bicyclic) bond motifs is 6. The number of anilines is 12. The van der Waals surface area contributed by atoms with E-state index >= 15 is 0 Å². The van der Waals surface area contributed by atoms with Crippen LogP contribution in [0, 0.1) is 0 Å². The SMILES string of the molecule is CCCCO[PH](=O)O.Nc1ccc2ccccc2c1N.Nc1ccc2ccccc2c1N.Nc1ccc2ccccc2c1N.Nc1ccc2ccccc2c1N.Nc1ccc2ccccc2c1N.Nc1ccc2ccccc2c1N. The Morgan fingerprint density at radius 2 is 0.475 bits per heavy atom. The van der Waals surface area contributed by atoms with Crippen LogP contribution in [0.1, 0.15) is 19.8 Å². The maximum Gasteiger partial charge on any atom is 0.316 e. The third-order valence-electron chi connectivity index (χ3n) is 12.7. The van der Waals surface area contributed by atoms with Crippen LogP contribution in [0.3, 0.4) is 0 Å². The maximum absolute atomic E-state index is 9.84. The van der Waals surface area contributed by atoms with Gasteiger partial charge in [0.15, 0.2) is 0 Å². The summed E-state index contributed by atoms with van der Waals surface area (Å²) in [6.45, 7) is 2.41. The number of hydrogen-bond acceptors (Lipinski definition) is 14. The Balaban J connectivity index is 0.000000151. The van der Waals surface area contributed by atoms with Crippen LogP contribution in [0.5, 0.6) is 0 Å². The normalized spacial score (nSPS) is 10.7. The Morgan fingerprint density at radius 3 is 0.637 bits per heavy atom. The minimum Gasteiger partial charge on any atom is -0.397 e.